The van der Waals surface area contributed by atoms with E-state index in [2.05, 4.69) is 20.3 Å². The van der Waals surface area contributed by atoms with Gasteiger partial charge in [0.25, 0.3) is 5.91 Å². The van der Waals surface area contributed by atoms with Gasteiger partial charge in [-0.05, 0) is 63.3 Å². The zero-order valence-corrected chi connectivity index (χ0v) is 16.1. The third kappa shape index (κ3) is 4.13. The molecule has 1 fully saturated rings. The number of nitrogens with zero attached hydrogens (tertiary/aromatic N) is 4. The van der Waals surface area contributed by atoms with Gasteiger partial charge in [0.05, 0.1) is 5.69 Å². The predicted octanol–water partition coefficient (Wildman–Crippen LogP) is 3.38. The van der Waals surface area contributed by atoms with Crippen molar-refractivity contribution in [2.75, 3.05) is 20.1 Å². The van der Waals surface area contributed by atoms with Crippen molar-refractivity contribution >= 4 is 11.6 Å². The molecule has 0 radical (unpaired) electrons. The number of carbonyl (C=O) groups is 1. The zero-order valence-electron chi connectivity index (χ0n) is 16.1. The molecule has 1 N–H and O–H groups in total. The Morgan fingerprint density at radius 1 is 1.13 bits per heavy atom. The van der Waals surface area contributed by atoms with E-state index < -0.39 is 23.6 Å². The van der Waals surface area contributed by atoms with E-state index in [-0.39, 0.29) is 23.1 Å². The summed E-state index contributed by atoms with van der Waals surface area (Å²) in [5.41, 5.74) is -0.981. The highest BCUT2D eigenvalue weighted by molar-refractivity contribution is 5.93. The number of hydrogen-bond acceptors (Lipinski definition) is 4. The average Bonchev–Trinajstić information content (AvgIpc) is 3.13. The molecule has 158 valence electrons. The van der Waals surface area contributed by atoms with Gasteiger partial charge in [0, 0.05) is 17.7 Å². The maximum atomic E-state index is 13.6. The number of aromatic nitrogens is 3. The molecular formula is C20H19F4N5O. The van der Waals surface area contributed by atoms with Gasteiger partial charge in [-0.25, -0.2) is 13.9 Å². The number of nitrogens with one attached hydrogen (secondary N) is 1. The van der Waals surface area contributed by atoms with Gasteiger partial charge in [-0.2, -0.15) is 18.3 Å². The molecule has 1 aliphatic rings. The summed E-state index contributed by atoms with van der Waals surface area (Å²) >= 11 is 0. The van der Waals surface area contributed by atoms with Crippen LogP contribution in [-0.4, -0.2) is 51.6 Å². The maximum absolute atomic E-state index is 13.6. The van der Waals surface area contributed by atoms with Crippen LogP contribution < -0.4 is 5.32 Å². The summed E-state index contributed by atoms with van der Waals surface area (Å²) in [6, 6.07) is 7.00. The summed E-state index contributed by atoms with van der Waals surface area (Å²) in [7, 11) is 1.99. The zero-order chi connectivity index (χ0) is 21.5. The average molecular weight is 421 g/mol. The highest BCUT2D eigenvalue weighted by atomic mass is 19.4. The van der Waals surface area contributed by atoms with E-state index in [0.717, 1.165) is 44.1 Å². The molecule has 0 atom stereocenters. The molecular weight excluding hydrogens is 402 g/mol. The van der Waals surface area contributed by atoms with E-state index in [4.69, 9.17) is 0 Å². The maximum Gasteiger partial charge on any atom is 0.433 e. The first-order chi connectivity index (χ1) is 14.2. The van der Waals surface area contributed by atoms with Gasteiger partial charge in [0.1, 0.15) is 5.82 Å². The number of benzene rings is 1. The molecule has 0 aliphatic carbocycles. The van der Waals surface area contributed by atoms with Crippen LogP contribution in [0.4, 0.5) is 17.6 Å². The number of fused-ring (bicyclic) bond motifs is 1. The lowest BCUT2D eigenvalue weighted by Gasteiger charge is -2.29. The minimum Gasteiger partial charge on any atom is -0.348 e. The molecule has 2 aromatic heterocycles. The van der Waals surface area contributed by atoms with Gasteiger partial charge in [-0.1, -0.05) is 0 Å². The van der Waals surface area contributed by atoms with Crippen LogP contribution in [0.2, 0.25) is 0 Å². The topological polar surface area (TPSA) is 62.5 Å². The number of rotatable bonds is 3. The van der Waals surface area contributed by atoms with E-state index in [1.807, 2.05) is 7.05 Å². The van der Waals surface area contributed by atoms with Crippen molar-refractivity contribution < 1.29 is 22.4 Å². The van der Waals surface area contributed by atoms with Gasteiger partial charge in [0.15, 0.2) is 17.0 Å². The molecule has 1 aliphatic heterocycles. The number of alkyl halides is 3. The second-order valence-corrected chi connectivity index (χ2v) is 7.38. The van der Waals surface area contributed by atoms with Gasteiger partial charge in [-0.3, -0.25) is 4.79 Å². The molecule has 0 unspecified atom stereocenters. The molecule has 10 heteroatoms. The number of amides is 1. The van der Waals surface area contributed by atoms with Crippen molar-refractivity contribution in [3.05, 3.63) is 53.6 Å². The predicted molar refractivity (Wildman–Crippen MR) is 101 cm³/mol. The normalized spacial score (nSPS) is 16.2. The van der Waals surface area contributed by atoms with E-state index >= 15 is 0 Å². The van der Waals surface area contributed by atoms with Crippen molar-refractivity contribution in [2.45, 2.75) is 25.1 Å². The number of hydrogen-bond donors (Lipinski definition) is 1. The smallest absolute Gasteiger partial charge is 0.348 e. The van der Waals surface area contributed by atoms with Crippen molar-refractivity contribution in [3.63, 3.8) is 0 Å². The van der Waals surface area contributed by atoms with Crippen LogP contribution >= 0.6 is 0 Å². The molecule has 0 saturated carbocycles. The first kappa shape index (κ1) is 20.3. The van der Waals surface area contributed by atoms with Crippen LogP contribution in [0.3, 0.4) is 0 Å². The molecule has 4 rings (SSSR count). The van der Waals surface area contributed by atoms with Gasteiger partial charge in [-0.15, -0.1) is 0 Å². The van der Waals surface area contributed by atoms with Crippen molar-refractivity contribution in [1.29, 1.82) is 0 Å². The standard InChI is InChI=1S/C20H19F4N5O/c1-28-8-6-14(7-9-28)25-19(30)16-11-18-26-15(12-2-4-13(21)5-3-12)10-17(20(22,23)24)29(18)27-16/h2-5,10-11,14H,6-9H2,1H3,(H,25,30). The van der Waals surface area contributed by atoms with Gasteiger partial charge < -0.3 is 10.2 Å². The molecule has 3 heterocycles. The summed E-state index contributed by atoms with van der Waals surface area (Å²) < 4.78 is 54.7. The lowest BCUT2D eigenvalue weighted by atomic mass is 10.1. The largest absolute Gasteiger partial charge is 0.433 e. The summed E-state index contributed by atoms with van der Waals surface area (Å²) in [4.78, 5) is 18.9. The minimum atomic E-state index is -4.72. The Hall–Kier alpha value is -3.01. The Morgan fingerprint density at radius 3 is 2.43 bits per heavy atom. The van der Waals surface area contributed by atoms with Crippen LogP contribution in [-0.2, 0) is 6.18 Å². The monoisotopic (exact) mass is 421 g/mol. The fourth-order valence-electron chi connectivity index (χ4n) is 3.47. The molecule has 0 bridgehead atoms. The lowest BCUT2D eigenvalue weighted by Crippen LogP contribution is -2.43. The van der Waals surface area contributed by atoms with Crippen LogP contribution in [0, 0.1) is 5.82 Å². The summed E-state index contributed by atoms with van der Waals surface area (Å²) in [6.07, 6.45) is -3.20. The molecule has 30 heavy (non-hydrogen) atoms. The number of piperidine rings is 1. The van der Waals surface area contributed by atoms with Crippen LogP contribution in [0.1, 0.15) is 29.0 Å². The SMILES string of the molecule is CN1CCC(NC(=O)c2cc3nc(-c4ccc(F)cc4)cc(C(F)(F)F)n3n2)CC1. The molecule has 3 aromatic rings. The highest BCUT2D eigenvalue weighted by Gasteiger charge is 2.36. The van der Waals surface area contributed by atoms with E-state index in [1.165, 1.54) is 18.2 Å². The Morgan fingerprint density at radius 2 is 1.80 bits per heavy atom. The number of carbonyl (C=O) groups excluding carboxylic acids is 1. The van der Waals surface area contributed by atoms with Crippen LogP contribution in [0.15, 0.2) is 36.4 Å². The fraction of sp³-hybridized carbons (Fsp3) is 0.350. The quantitative estimate of drug-likeness (QED) is 0.659. The Bertz CT molecular complexity index is 1070. The second kappa shape index (κ2) is 7.67. The molecule has 1 amide bonds. The van der Waals surface area contributed by atoms with Crippen LogP contribution in [0.25, 0.3) is 16.9 Å². The van der Waals surface area contributed by atoms with E-state index in [1.54, 1.807) is 0 Å². The second-order valence-electron chi connectivity index (χ2n) is 7.38. The lowest BCUT2D eigenvalue weighted by molar-refractivity contribution is -0.142. The number of likely N-dealkylation sites (tertiary alicyclic amines) is 1. The van der Waals surface area contributed by atoms with Crippen molar-refractivity contribution in [2.24, 2.45) is 0 Å². The van der Waals surface area contributed by atoms with Crippen molar-refractivity contribution in [3.8, 4) is 11.3 Å². The summed E-state index contributed by atoms with van der Waals surface area (Å²) in [6.45, 7) is 1.66. The third-order valence-corrected chi connectivity index (χ3v) is 5.14. The third-order valence-electron chi connectivity index (χ3n) is 5.14. The molecule has 6 nitrogen and oxygen atoms in total. The first-order valence-corrected chi connectivity index (χ1v) is 9.44. The van der Waals surface area contributed by atoms with Gasteiger partial charge >= 0.3 is 6.18 Å². The molecule has 1 saturated heterocycles. The van der Waals surface area contributed by atoms with Crippen LogP contribution in [0.5, 0.6) is 0 Å². The highest BCUT2D eigenvalue weighted by Crippen LogP contribution is 2.32. The summed E-state index contributed by atoms with van der Waals surface area (Å²) in [5, 5.41) is 6.70. The first-order valence-electron chi connectivity index (χ1n) is 9.44. The van der Waals surface area contributed by atoms with Gasteiger partial charge in [0.2, 0.25) is 0 Å². The van der Waals surface area contributed by atoms with E-state index in [9.17, 15) is 22.4 Å². The Labute approximate surface area is 169 Å². The Kier molecular flexibility index (Phi) is 5.19. The van der Waals surface area contributed by atoms with E-state index in [0.29, 0.717) is 10.1 Å². The number of halogens is 4. The minimum absolute atomic E-state index is 0.0111. The Balaban J connectivity index is 1.70. The molecule has 0 spiro atoms. The van der Waals surface area contributed by atoms with Crippen molar-refractivity contribution in [1.82, 2.24) is 24.8 Å². The fourth-order valence-corrected chi connectivity index (χ4v) is 3.47. The summed E-state index contributed by atoms with van der Waals surface area (Å²) in [5.74, 6) is -1.04. The molecule has 1 aromatic carbocycles.